The van der Waals surface area contributed by atoms with Crippen LogP contribution in [-0.2, 0) is 0 Å². The molecule has 4 N–H and O–H groups in total. The van der Waals surface area contributed by atoms with Crippen molar-refractivity contribution in [1.29, 1.82) is 0 Å². The van der Waals surface area contributed by atoms with Gasteiger partial charge in [-0.05, 0) is 18.6 Å². The van der Waals surface area contributed by atoms with E-state index < -0.39 is 6.10 Å². The summed E-state index contributed by atoms with van der Waals surface area (Å²) in [6.07, 6.45) is 3.09. The Hall–Kier alpha value is -0.800. The Bertz CT molecular complexity index is 181. The van der Waals surface area contributed by atoms with Crippen molar-refractivity contribution in [1.82, 2.24) is 4.98 Å². The Labute approximate surface area is 59.9 Å². The summed E-state index contributed by atoms with van der Waals surface area (Å²) in [4.78, 5) is 2.87. The van der Waals surface area contributed by atoms with E-state index in [0.717, 1.165) is 5.56 Å². The molecule has 0 fully saturated rings. The summed E-state index contributed by atoms with van der Waals surface area (Å²) in [5, 5.41) is 9.05. The number of aromatic nitrogens is 1. The van der Waals surface area contributed by atoms with E-state index in [4.69, 9.17) is 10.8 Å². The van der Waals surface area contributed by atoms with E-state index in [0.29, 0.717) is 0 Å². The average molecular weight is 140 g/mol. The second-order valence-corrected chi connectivity index (χ2v) is 2.41. The molecule has 0 unspecified atom stereocenters. The van der Waals surface area contributed by atoms with Gasteiger partial charge in [-0.3, -0.25) is 0 Å². The molecule has 0 bridgehead atoms. The number of aromatic amines is 1. The van der Waals surface area contributed by atoms with Crippen LogP contribution in [0.4, 0.5) is 0 Å². The van der Waals surface area contributed by atoms with Gasteiger partial charge in [0, 0.05) is 12.4 Å². The van der Waals surface area contributed by atoms with Crippen molar-refractivity contribution in [3.05, 3.63) is 24.0 Å². The fraction of sp³-hybridized carbons (Fsp3) is 0.429. The zero-order chi connectivity index (χ0) is 7.56. The number of H-pyrrole nitrogens is 1. The van der Waals surface area contributed by atoms with E-state index in [1.54, 1.807) is 19.3 Å². The van der Waals surface area contributed by atoms with E-state index >= 15 is 0 Å². The average Bonchev–Trinajstić information content (AvgIpc) is 2.36. The van der Waals surface area contributed by atoms with E-state index in [1.807, 2.05) is 6.07 Å². The molecule has 1 aromatic rings. The molecule has 0 saturated carbocycles. The summed E-state index contributed by atoms with van der Waals surface area (Å²) in [5.41, 5.74) is 6.55. The molecule has 0 aliphatic heterocycles. The Morgan fingerprint density at radius 2 is 2.40 bits per heavy atom. The molecule has 1 rings (SSSR count). The van der Waals surface area contributed by atoms with Crippen LogP contribution in [-0.4, -0.2) is 16.2 Å². The fourth-order valence-corrected chi connectivity index (χ4v) is 0.823. The summed E-state index contributed by atoms with van der Waals surface area (Å²) in [6.45, 7) is 1.68. The van der Waals surface area contributed by atoms with Crippen molar-refractivity contribution in [3.63, 3.8) is 0 Å². The largest absolute Gasteiger partial charge is 0.391 e. The molecule has 3 heteroatoms. The highest BCUT2D eigenvalue weighted by molar-refractivity contribution is 5.14. The first kappa shape index (κ1) is 7.31. The number of aliphatic hydroxyl groups excluding tert-OH is 1. The third-order valence-corrected chi connectivity index (χ3v) is 1.53. The van der Waals surface area contributed by atoms with Crippen molar-refractivity contribution in [2.45, 2.75) is 19.1 Å². The summed E-state index contributed by atoms with van der Waals surface area (Å²) in [7, 11) is 0. The van der Waals surface area contributed by atoms with Crippen LogP contribution in [0.15, 0.2) is 18.5 Å². The fourth-order valence-electron chi connectivity index (χ4n) is 0.823. The minimum absolute atomic E-state index is 0.272. The molecule has 0 saturated heterocycles. The van der Waals surface area contributed by atoms with Gasteiger partial charge >= 0.3 is 0 Å². The van der Waals surface area contributed by atoms with Gasteiger partial charge in [0.25, 0.3) is 0 Å². The van der Waals surface area contributed by atoms with Crippen LogP contribution in [0.2, 0.25) is 0 Å². The quantitative estimate of drug-likeness (QED) is 0.556. The molecule has 10 heavy (non-hydrogen) atoms. The number of hydrogen-bond donors (Lipinski definition) is 3. The molecule has 0 radical (unpaired) electrons. The Kier molecular flexibility index (Phi) is 2.09. The lowest BCUT2D eigenvalue weighted by Crippen LogP contribution is -2.22. The highest BCUT2D eigenvalue weighted by Gasteiger charge is 2.10. The Morgan fingerprint density at radius 1 is 1.70 bits per heavy atom. The summed E-state index contributed by atoms with van der Waals surface area (Å²) >= 11 is 0. The van der Waals surface area contributed by atoms with Crippen LogP contribution >= 0.6 is 0 Å². The zero-order valence-electron chi connectivity index (χ0n) is 5.91. The Morgan fingerprint density at radius 3 is 2.80 bits per heavy atom. The number of nitrogens with one attached hydrogen (secondary N) is 1. The SMILES string of the molecule is C[C@@H](O)[C@H](N)c1cc[nH]c1. The van der Waals surface area contributed by atoms with Gasteiger partial charge < -0.3 is 15.8 Å². The Balaban J connectivity index is 2.68. The maximum Gasteiger partial charge on any atom is 0.0705 e. The van der Waals surface area contributed by atoms with Crippen LogP contribution in [0, 0.1) is 0 Å². The van der Waals surface area contributed by atoms with Gasteiger partial charge in [-0.15, -0.1) is 0 Å². The van der Waals surface area contributed by atoms with E-state index in [1.165, 1.54) is 0 Å². The maximum atomic E-state index is 9.05. The van der Waals surface area contributed by atoms with Gasteiger partial charge in [0.2, 0.25) is 0 Å². The normalized spacial score (nSPS) is 16.7. The predicted molar refractivity (Wildman–Crippen MR) is 39.4 cm³/mol. The second kappa shape index (κ2) is 2.86. The summed E-state index contributed by atoms with van der Waals surface area (Å²) < 4.78 is 0. The highest BCUT2D eigenvalue weighted by atomic mass is 16.3. The zero-order valence-corrected chi connectivity index (χ0v) is 5.91. The van der Waals surface area contributed by atoms with Crippen LogP contribution < -0.4 is 5.73 Å². The molecule has 1 heterocycles. The molecule has 1 aromatic heterocycles. The van der Waals surface area contributed by atoms with Crippen molar-refractivity contribution in [2.24, 2.45) is 5.73 Å². The molecule has 0 aromatic carbocycles. The first-order valence-corrected chi connectivity index (χ1v) is 3.28. The molecule has 0 aliphatic carbocycles. The molecular weight excluding hydrogens is 128 g/mol. The molecule has 3 nitrogen and oxygen atoms in total. The first-order chi connectivity index (χ1) is 4.72. The molecule has 0 amide bonds. The topological polar surface area (TPSA) is 62.0 Å². The van der Waals surface area contributed by atoms with Crippen LogP contribution in [0.5, 0.6) is 0 Å². The van der Waals surface area contributed by atoms with E-state index in [-0.39, 0.29) is 6.04 Å². The highest BCUT2D eigenvalue weighted by Crippen LogP contribution is 2.11. The first-order valence-electron chi connectivity index (χ1n) is 3.28. The van der Waals surface area contributed by atoms with Crippen LogP contribution in [0.1, 0.15) is 18.5 Å². The summed E-state index contributed by atoms with van der Waals surface area (Å²) in [6, 6.07) is 1.59. The van der Waals surface area contributed by atoms with E-state index in [2.05, 4.69) is 4.98 Å². The molecule has 0 aliphatic rings. The van der Waals surface area contributed by atoms with Crippen molar-refractivity contribution in [2.75, 3.05) is 0 Å². The minimum Gasteiger partial charge on any atom is -0.391 e. The third kappa shape index (κ3) is 1.37. The molecule has 2 atom stereocenters. The minimum atomic E-state index is -0.490. The number of aliphatic hydroxyl groups is 1. The lowest BCUT2D eigenvalue weighted by Gasteiger charge is -2.11. The van der Waals surface area contributed by atoms with E-state index in [9.17, 15) is 0 Å². The predicted octanol–water partition coefficient (Wildman–Crippen LogP) is 0.395. The van der Waals surface area contributed by atoms with Gasteiger partial charge in [0.15, 0.2) is 0 Å². The standard InChI is InChI=1S/C7H12N2O/c1-5(10)7(8)6-2-3-9-4-6/h2-5,7,9-10H,8H2,1H3/t5-,7+/m1/s1. The molecular formula is C7H12N2O. The summed E-state index contributed by atoms with van der Waals surface area (Å²) in [5.74, 6) is 0. The van der Waals surface area contributed by atoms with Gasteiger partial charge in [-0.25, -0.2) is 0 Å². The van der Waals surface area contributed by atoms with Gasteiger partial charge in [0.05, 0.1) is 12.1 Å². The van der Waals surface area contributed by atoms with Crippen molar-refractivity contribution < 1.29 is 5.11 Å². The monoisotopic (exact) mass is 140 g/mol. The number of rotatable bonds is 2. The van der Waals surface area contributed by atoms with Gasteiger partial charge in [-0.2, -0.15) is 0 Å². The van der Waals surface area contributed by atoms with Gasteiger partial charge in [-0.1, -0.05) is 0 Å². The third-order valence-electron chi connectivity index (χ3n) is 1.53. The van der Waals surface area contributed by atoms with Crippen LogP contribution in [0.25, 0.3) is 0 Å². The number of nitrogens with two attached hydrogens (primary N) is 1. The smallest absolute Gasteiger partial charge is 0.0705 e. The molecule has 56 valence electrons. The maximum absolute atomic E-state index is 9.05. The van der Waals surface area contributed by atoms with Crippen molar-refractivity contribution in [3.8, 4) is 0 Å². The van der Waals surface area contributed by atoms with Crippen molar-refractivity contribution >= 4 is 0 Å². The number of hydrogen-bond acceptors (Lipinski definition) is 2. The lowest BCUT2D eigenvalue weighted by molar-refractivity contribution is 0.164. The second-order valence-electron chi connectivity index (χ2n) is 2.41. The molecule has 0 spiro atoms. The van der Waals surface area contributed by atoms with Gasteiger partial charge in [0.1, 0.15) is 0 Å². The van der Waals surface area contributed by atoms with Crippen LogP contribution in [0.3, 0.4) is 0 Å². The lowest BCUT2D eigenvalue weighted by atomic mass is 10.1.